The summed E-state index contributed by atoms with van der Waals surface area (Å²) in [6.45, 7) is 8.88. The van der Waals surface area contributed by atoms with Gasteiger partial charge in [-0.2, -0.15) is 0 Å². The van der Waals surface area contributed by atoms with Crippen molar-refractivity contribution in [1.29, 1.82) is 0 Å². The van der Waals surface area contributed by atoms with E-state index in [4.69, 9.17) is 0 Å². The number of nitrogens with zero attached hydrogens (tertiary/aromatic N) is 2. The fourth-order valence-corrected chi connectivity index (χ4v) is 4.24. The summed E-state index contributed by atoms with van der Waals surface area (Å²) in [5, 5.41) is 3.00. The number of nitrogens with one attached hydrogen (secondary N) is 1. The molecule has 1 aromatic rings. The molecule has 1 aromatic carbocycles. The summed E-state index contributed by atoms with van der Waals surface area (Å²) in [6, 6.07) is 8.22. The number of carbonyl (C=O) groups excluding carboxylic acids is 2. The van der Waals surface area contributed by atoms with E-state index < -0.39 is 0 Å². The van der Waals surface area contributed by atoms with Gasteiger partial charge in [0, 0.05) is 39.1 Å². The van der Waals surface area contributed by atoms with Gasteiger partial charge < -0.3 is 15.1 Å². The van der Waals surface area contributed by atoms with Crippen molar-refractivity contribution < 1.29 is 9.59 Å². The van der Waals surface area contributed by atoms with Gasteiger partial charge in [0.15, 0.2) is 0 Å². The Bertz CT molecular complexity index is 643. The van der Waals surface area contributed by atoms with Crippen molar-refractivity contribution in [1.82, 2.24) is 15.1 Å². The van der Waals surface area contributed by atoms with Crippen LogP contribution in [0.3, 0.4) is 0 Å². The standard InChI is InChI=1S/C21H31N3O2/c1-3-24-12-4-10-21(20(24)26)11-14-23(16-21)13-9-19(25)22-15-18-7-5-17(2)6-8-18/h5-8H,3-4,9-16H2,1-2H3,(H,22,25)/t21-/m1/s1. The van der Waals surface area contributed by atoms with Crippen LogP contribution in [0.2, 0.25) is 0 Å². The van der Waals surface area contributed by atoms with Crippen molar-refractivity contribution in [3.05, 3.63) is 35.4 Å². The number of hydrogen-bond acceptors (Lipinski definition) is 3. The average molecular weight is 357 g/mol. The predicted molar refractivity (Wildman–Crippen MR) is 103 cm³/mol. The van der Waals surface area contributed by atoms with Gasteiger partial charge in [-0.1, -0.05) is 29.8 Å². The van der Waals surface area contributed by atoms with E-state index in [9.17, 15) is 9.59 Å². The first kappa shape index (κ1) is 18.9. The Morgan fingerprint density at radius 3 is 2.69 bits per heavy atom. The summed E-state index contributed by atoms with van der Waals surface area (Å²) in [6.07, 6.45) is 3.53. The molecule has 0 bridgehead atoms. The van der Waals surface area contributed by atoms with E-state index in [0.717, 1.165) is 57.5 Å². The lowest BCUT2D eigenvalue weighted by Gasteiger charge is -2.39. The highest BCUT2D eigenvalue weighted by atomic mass is 16.2. The zero-order valence-electron chi connectivity index (χ0n) is 16.1. The lowest BCUT2D eigenvalue weighted by molar-refractivity contribution is -0.145. The summed E-state index contributed by atoms with van der Waals surface area (Å²) in [5.41, 5.74) is 2.16. The minimum Gasteiger partial charge on any atom is -0.352 e. The third-order valence-electron chi connectivity index (χ3n) is 5.90. The van der Waals surface area contributed by atoms with Crippen molar-refractivity contribution >= 4 is 11.8 Å². The molecule has 3 rings (SSSR count). The quantitative estimate of drug-likeness (QED) is 0.850. The Hall–Kier alpha value is -1.88. The molecule has 26 heavy (non-hydrogen) atoms. The number of hydrogen-bond donors (Lipinski definition) is 1. The molecule has 1 N–H and O–H groups in total. The summed E-state index contributed by atoms with van der Waals surface area (Å²) < 4.78 is 0. The number of rotatable bonds is 6. The number of piperidine rings is 1. The second kappa shape index (κ2) is 8.21. The minimum atomic E-state index is -0.188. The fourth-order valence-electron chi connectivity index (χ4n) is 4.24. The Morgan fingerprint density at radius 2 is 1.96 bits per heavy atom. The van der Waals surface area contributed by atoms with Crippen LogP contribution in [0.5, 0.6) is 0 Å². The third kappa shape index (κ3) is 4.26. The molecule has 0 aliphatic carbocycles. The molecule has 1 atom stereocenters. The average Bonchev–Trinajstić information content (AvgIpc) is 3.06. The highest BCUT2D eigenvalue weighted by molar-refractivity contribution is 5.84. The van der Waals surface area contributed by atoms with Crippen LogP contribution in [0.1, 0.15) is 43.7 Å². The van der Waals surface area contributed by atoms with E-state index in [1.165, 1.54) is 5.56 Å². The maximum Gasteiger partial charge on any atom is 0.230 e. The van der Waals surface area contributed by atoms with Crippen LogP contribution in [0.25, 0.3) is 0 Å². The summed E-state index contributed by atoms with van der Waals surface area (Å²) in [4.78, 5) is 29.2. The molecule has 0 aromatic heterocycles. The third-order valence-corrected chi connectivity index (χ3v) is 5.90. The maximum absolute atomic E-state index is 12.8. The molecule has 0 radical (unpaired) electrons. The Labute approximate surface area is 156 Å². The van der Waals surface area contributed by atoms with Gasteiger partial charge >= 0.3 is 0 Å². The van der Waals surface area contributed by atoms with E-state index in [1.54, 1.807) is 0 Å². The van der Waals surface area contributed by atoms with Crippen molar-refractivity contribution in [3.8, 4) is 0 Å². The van der Waals surface area contributed by atoms with Crippen molar-refractivity contribution in [2.45, 2.75) is 46.1 Å². The molecule has 0 unspecified atom stereocenters. The summed E-state index contributed by atoms with van der Waals surface area (Å²) in [7, 11) is 0. The van der Waals surface area contributed by atoms with Gasteiger partial charge in [-0.25, -0.2) is 0 Å². The first-order valence-corrected chi connectivity index (χ1v) is 9.86. The number of benzene rings is 1. The highest BCUT2D eigenvalue weighted by Gasteiger charge is 2.47. The Balaban J connectivity index is 1.43. The van der Waals surface area contributed by atoms with Crippen molar-refractivity contribution in [2.75, 3.05) is 32.7 Å². The monoisotopic (exact) mass is 357 g/mol. The van der Waals surface area contributed by atoms with Crippen molar-refractivity contribution in [3.63, 3.8) is 0 Å². The molecule has 142 valence electrons. The Morgan fingerprint density at radius 1 is 1.19 bits per heavy atom. The first-order chi connectivity index (χ1) is 12.5. The molecule has 2 amide bonds. The van der Waals surface area contributed by atoms with Gasteiger partial charge in [0.2, 0.25) is 11.8 Å². The molecule has 5 heteroatoms. The minimum absolute atomic E-state index is 0.0803. The van der Waals surface area contributed by atoms with Crippen LogP contribution >= 0.6 is 0 Å². The molecule has 0 saturated carbocycles. The van der Waals surface area contributed by atoms with Crippen LogP contribution in [-0.2, 0) is 16.1 Å². The number of likely N-dealkylation sites (tertiary alicyclic amines) is 2. The van der Waals surface area contributed by atoms with Gasteiger partial charge in [0.1, 0.15) is 0 Å². The van der Waals surface area contributed by atoms with E-state index in [-0.39, 0.29) is 11.3 Å². The Kier molecular flexibility index (Phi) is 5.97. The van der Waals surface area contributed by atoms with Crippen LogP contribution in [0, 0.1) is 12.3 Å². The van der Waals surface area contributed by atoms with Crippen LogP contribution in [0.15, 0.2) is 24.3 Å². The zero-order valence-corrected chi connectivity index (χ0v) is 16.1. The molecule has 2 fully saturated rings. The van der Waals surface area contributed by atoms with Gasteiger partial charge in [0.05, 0.1) is 5.41 Å². The predicted octanol–water partition coefficient (Wildman–Crippen LogP) is 2.34. The summed E-state index contributed by atoms with van der Waals surface area (Å²) >= 11 is 0. The lowest BCUT2D eigenvalue weighted by atomic mass is 9.78. The van der Waals surface area contributed by atoms with E-state index in [0.29, 0.717) is 18.9 Å². The van der Waals surface area contributed by atoms with Crippen LogP contribution < -0.4 is 5.32 Å². The van der Waals surface area contributed by atoms with Crippen LogP contribution in [-0.4, -0.2) is 54.3 Å². The molecule has 2 aliphatic heterocycles. The topological polar surface area (TPSA) is 52.6 Å². The molecular formula is C21H31N3O2. The second-order valence-corrected chi connectivity index (χ2v) is 7.81. The molecular weight excluding hydrogens is 326 g/mol. The SMILES string of the molecule is CCN1CCC[C@]2(CCN(CCC(=O)NCc3ccc(C)cc3)C2)C1=O. The van der Waals surface area contributed by atoms with Crippen LogP contribution in [0.4, 0.5) is 0 Å². The van der Waals surface area contributed by atoms with E-state index >= 15 is 0 Å². The second-order valence-electron chi connectivity index (χ2n) is 7.81. The highest BCUT2D eigenvalue weighted by Crippen LogP contribution is 2.39. The van der Waals surface area contributed by atoms with Gasteiger partial charge in [-0.3, -0.25) is 9.59 Å². The van der Waals surface area contributed by atoms with E-state index in [2.05, 4.69) is 36.2 Å². The van der Waals surface area contributed by atoms with Gasteiger partial charge in [-0.15, -0.1) is 0 Å². The smallest absolute Gasteiger partial charge is 0.230 e. The summed E-state index contributed by atoms with van der Waals surface area (Å²) in [5.74, 6) is 0.411. The number of amides is 2. The fraction of sp³-hybridized carbons (Fsp3) is 0.619. The normalized spacial score (nSPS) is 23.6. The maximum atomic E-state index is 12.8. The lowest BCUT2D eigenvalue weighted by Crippen LogP contribution is -2.50. The number of carbonyl (C=O) groups is 2. The van der Waals surface area contributed by atoms with Crippen molar-refractivity contribution in [2.24, 2.45) is 5.41 Å². The molecule has 2 saturated heterocycles. The van der Waals surface area contributed by atoms with E-state index in [1.807, 2.05) is 17.0 Å². The molecule has 2 aliphatic rings. The largest absolute Gasteiger partial charge is 0.352 e. The first-order valence-electron chi connectivity index (χ1n) is 9.86. The molecule has 2 heterocycles. The van der Waals surface area contributed by atoms with Gasteiger partial charge in [0.25, 0.3) is 0 Å². The van der Waals surface area contributed by atoms with Gasteiger partial charge in [-0.05, 0) is 45.2 Å². The zero-order chi connectivity index (χ0) is 18.6. The molecule has 5 nitrogen and oxygen atoms in total. The number of aryl methyl sites for hydroxylation is 1. The molecule has 1 spiro atoms.